The summed E-state index contributed by atoms with van der Waals surface area (Å²) in [5.74, 6) is 2.05. The molecule has 0 aliphatic carbocycles. The molecule has 1 aromatic heterocycles. The van der Waals surface area contributed by atoms with Crippen LogP contribution in [0.3, 0.4) is 0 Å². The number of guanidine groups is 1. The lowest BCUT2D eigenvalue weighted by atomic mass is 10.1. The molecule has 1 aromatic carbocycles. The number of ether oxygens (including phenoxy) is 2. The molecule has 0 amide bonds. The fourth-order valence-electron chi connectivity index (χ4n) is 2.43. The number of rotatable bonds is 12. The Balaban J connectivity index is 0.00000420. The first-order valence-corrected chi connectivity index (χ1v) is 9.84. The molecular weight excluding hydrogens is 483 g/mol. The van der Waals surface area contributed by atoms with E-state index in [-0.39, 0.29) is 24.0 Å². The Kier molecular flexibility index (Phi) is 13.3. The molecule has 162 valence electrons. The van der Waals surface area contributed by atoms with Crippen molar-refractivity contribution in [3.63, 3.8) is 0 Å². The van der Waals surface area contributed by atoms with Gasteiger partial charge in [0, 0.05) is 25.8 Å². The van der Waals surface area contributed by atoms with Gasteiger partial charge in [-0.3, -0.25) is 4.99 Å². The van der Waals surface area contributed by atoms with Crippen molar-refractivity contribution >= 4 is 29.9 Å². The molecule has 0 aliphatic heterocycles. The van der Waals surface area contributed by atoms with E-state index in [1.807, 2.05) is 12.1 Å². The van der Waals surface area contributed by atoms with Crippen LogP contribution in [0.25, 0.3) is 11.3 Å². The Bertz CT molecular complexity index is 704. The quantitative estimate of drug-likeness (QED) is 0.194. The lowest BCUT2D eigenvalue weighted by Crippen LogP contribution is -2.38. The molecule has 2 rings (SSSR count). The minimum absolute atomic E-state index is 0. The Morgan fingerprint density at radius 3 is 2.48 bits per heavy atom. The highest BCUT2D eigenvalue weighted by atomic mass is 127. The number of halogens is 1. The smallest absolute Gasteiger partial charge is 0.214 e. The van der Waals surface area contributed by atoms with Gasteiger partial charge < -0.3 is 24.5 Å². The maximum absolute atomic E-state index is 5.81. The lowest BCUT2D eigenvalue weighted by molar-refractivity contribution is 0.0487. The molecule has 0 radical (unpaired) electrons. The molecule has 0 saturated carbocycles. The van der Waals surface area contributed by atoms with E-state index in [2.05, 4.69) is 46.6 Å². The first-order chi connectivity index (χ1) is 13.7. The summed E-state index contributed by atoms with van der Waals surface area (Å²) in [6, 6.07) is 8.17. The Labute approximate surface area is 190 Å². The maximum Gasteiger partial charge on any atom is 0.214 e. The second-order valence-electron chi connectivity index (χ2n) is 6.42. The fraction of sp³-hybridized carbons (Fsp3) is 0.524. The monoisotopic (exact) mass is 516 g/mol. The standard InChI is InChI=1S/C21H32N4O3.HI/c1-4-5-11-26-13-14-27-12-10-23-21(22-3)25-16-20-24-15-19(28-20)18-8-6-17(2)7-9-18;/h6-9,15H,4-5,10-14,16H2,1-3H3,(H2,22,23,25);1H. The third-order valence-electron chi connectivity index (χ3n) is 4.07. The van der Waals surface area contributed by atoms with Gasteiger partial charge in [0.15, 0.2) is 11.7 Å². The molecule has 0 bridgehead atoms. The number of benzene rings is 1. The van der Waals surface area contributed by atoms with Gasteiger partial charge in [0.2, 0.25) is 5.89 Å². The van der Waals surface area contributed by atoms with Crippen LogP contribution in [0.1, 0.15) is 31.2 Å². The molecular formula is C21H33IN4O3. The Hall–Kier alpha value is -1.65. The van der Waals surface area contributed by atoms with Crippen LogP contribution in [0, 0.1) is 6.92 Å². The molecule has 0 aliphatic rings. The average Bonchev–Trinajstić information content (AvgIpc) is 3.18. The van der Waals surface area contributed by atoms with Gasteiger partial charge in [-0.1, -0.05) is 43.2 Å². The number of aliphatic imine (C=N–C) groups is 1. The fourth-order valence-corrected chi connectivity index (χ4v) is 2.43. The normalized spacial score (nSPS) is 11.2. The van der Waals surface area contributed by atoms with E-state index in [1.165, 1.54) is 5.56 Å². The molecule has 7 nitrogen and oxygen atoms in total. The van der Waals surface area contributed by atoms with Crippen molar-refractivity contribution in [1.82, 2.24) is 15.6 Å². The van der Waals surface area contributed by atoms with E-state index >= 15 is 0 Å². The second-order valence-corrected chi connectivity index (χ2v) is 6.42. The van der Waals surface area contributed by atoms with Crippen LogP contribution >= 0.6 is 24.0 Å². The molecule has 0 spiro atoms. The highest BCUT2D eigenvalue weighted by molar-refractivity contribution is 14.0. The topological polar surface area (TPSA) is 80.9 Å². The SMILES string of the molecule is CCCCOCCOCCNC(=NC)NCc1ncc(-c2ccc(C)cc2)o1.I. The Morgan fingerprint density at radius 1 is 1.07 bits per heavy atom. The predicted octanol–water partition coefficient (Wildman–Crippen LogP) is 3.77. The number of aryl methyl sites for hydroxylation is 1. The van der Waals surface area contributed by atoms with Crippen molar-refractivity contribution in [2.24, 2.45) is 4.99 Å². The zero-order chi connectivity index (χ0) is 20.0. The van der Waals surface area contributed by atoms with Crippen LogP contribution in [0.2, 0.25) is 0 Å². The van der Waals surface area contributed by atoms with Gasteiger partial charge in [-0.05, 0) is 13.3 Å². The minimum Gasteiger partial charge on any atom is -0.439 e. The molecule has 8 heteroatoms. The highest BCUT2D eigenvalue weighted by Crippen LogP contribution is 2.20. The number of nitrogens with one attached hydrogen (secondary N) is 2. The van der Waals surface area contributed by atoms with Crippen molar-refractivity contribution < 1.29 is 13.9 Å². The van der Waals surface area contributed by atoms with Gasteiger partial charge in [0.05, 0.1) is 32.6 Å². The third-order valence-corrected chi connectivity index (χ3v) is 4.07. The summed E-state index contributed by atoms with van der Waals surface area (Å²) in [7, 11) is 1.73. The van der Waals surface area contributed by atoms with Crippen LogP contribution in [0.4, 0.5) is 0 Å². The van der Waals surface area contributed by atoms with E-state index in [0.717, 1.165) is 30.8 Å². The number of hydrogen-bond donors (Lipinski definition) is 2. The summed E-state index contributed by atoms with van der Waals surface area (Å²) in [5, 5.41) is 6.39. The number of oxazole rings is 1. The predicted molar refractivity (Wildman–Crippen MR) is 127 cm³/mol. The van der Waals surface area contributed by atoms with Crippen LogP contribution in [-0.2, 0) is 16.0 Å². The van der Waals surface area contributed by atoms with Gasteiger partial charge >= 0.3 is 0 Å². The number of unbranched alkanes of at least 4 members (excludes halogenated alkanes) is 1. The minimum atomic E-state index is 0. The van der Waals surface area contributed by atoms with Gasteiger partial charge in [-0.2, -0.15) is 0 Å². The molecule has 0 atom stereocenters. The molecule has 2 N–H and O–H groups in total. The van der Waals surface area contributed by atoms with Crippen LogP contribution in [-0.4, -0.2) is 51.0 Å². The zero-order valence-electron chi connectivity index (χ0n) is 17.6. The van der Waals surface area contributed by atoms with E-state index < -0.39 is 0 Å². The molecule has 29 heavy (non-hydrogen) atoms. The van der Waals surface area contributed by atoms with Crippen molar-refractivity contribution in [3.05, 3.63) is 41.9 Å². The average molecular weight is 516 g/mol. The third kappa shape index (κ3) is 10.1. The summed E-state index contributed by atoms with van der Waals surface area (Å²) in [5.41, 5.74) is 2.23. The maximum atomic E-state index is 5.81. The molecule has 0 unspecified atom stereocenters. The molecule has 1 heterocycles. The largest absolute Gasteiger partial charge is 0.439 e. The highest BCUT2D eigenvalue weighted by Gasteiger charge is 2.07. The zero-order valence-corrected chi connectivity index (χ0v) is 19.9. The second kappa shape index (κ2) is 15.2. The summed E-state index contributed by atoms with van der Waals surface area (Å²) >= 11 is 0. The number of hydrogen-bond acceptors (Lipinski definition) is 5. The van der Waals surface area contributed by atoms with Crippen molar-refractivity contribution in [2.75, 3.05) is 40.0 Å². The van der Waals surface area contributed by atoms with Crippen molar-refractivity contribution in [3.8, 4) is 11.3 Å². The Morgan fingerprint density at radius 2 is 1.79 bits per heavy atom. The van der Waals surface area contributed by atoms with Crippen molar-refractivity contribution in [1.29, 1.82) is 0 Å². The van der Waals surface area contributed by atoms with Crippen LogP contribution in [0.5, 0.6) is 0 Å². The summed E-state index contributed by atoms with van der Waals surface area (Å²) in [4.78, 5) is 8.51. The van der Waals surface area contributed by atoms with Crippen LogP contribution in [0.15, 0.2) is 39.9 Å². The summed E-state index contributed by atoms with van der Waals surface area (Å²) < 4.78 is 16.8. The molecule has 0 fully saturated rings. The summed E-state index contributed by atoms with van der Waals surface area (Å²) in [6.07, 6.45) is 3.99. The van der Waals surface area contributed by atoms with E-state index in [9.17, 15) is 0 Å². The number of aromatic nitrogens is 1. The number of nitrogens with zero attached hydrogens (tertiary/aromatic N) is 2. The van der Waals surface area contributed by atoms with Gasteiger partial charge in [-0.15, -0.1) is 24.0 Å². The lowest BCUT2D eigenvalue weighted by Gasteiger charge is -2.11. The van der Waals surface area contributed by atoms with Gasteiger partial charge in [0.25, 0.3) is 0 Å². The van der Waals surface area contributed by atoms with Crippen molar-refractivity contribution in [2.45, 2.75) is 33.2 Å². The van der Waals surface area contributed by atoms with E-state index in [4.69, 9.17) is 13.9 Å². The van der Waals surface area contributed by atoms with E-state index in [0.29, 0.717) is 44.8 Å². The molecule has 2 aromatic rings. The first-order valence-electron chi connectivity index (χ1n) is 9.84. The first kappa shape index (κ1) is 25.4. The summed E-state index contributed by atoms with van der Waals surface area (Å²) in [6.45, 7) is 7.97. The van der Waals surface area contributed by atoms with E-state index in [1.54, 1.807) is 13.2 Å². The van der Waals surface area contributed by atoms with Gasteiger partial charge in [0.1, 0.15) is 0 Å². The van der Waals surface area contributed by atoms with Gasteiger partial charge in [-0.25, -0.2) is 4.98 Å². The molecule has 0 saturated heterocycles. The van der Waals surface area contributed by atoms with Crippen LogP contribution < -0.4 is 10.6 Å².